The predicted octanol–water partition coefficient (Wildman–Crippen LogP) is 1.44. The third-order valence-corrected chi connectivity index (χ3v) is 3.37. The maximum atomic E-state index is 12.4. The van der Waals surface area contributed by atoms with E-state index in [0.29, 0.717) is 11.4 Å². The topological polar surface area (TPSA) is 72.6 Å². The minimum absolute atomic E-state index is 0.202. The van der Waals surface area contributed by atoms with Gasteiger partial charge in [-0.05, 0) is 11.6 Å². The fourth-order valence-electron chi connectivity index (χ4n) is 2.33. The Labute approximate surface area is 112 Å². The molecule has 0 spiro atoms. The second-order valence-electron chi connectivity index (χ2n) is 5.27. The van der Waals surface area contributed by atoms with Gasteiger partial charge in [0, 0.05) is 13.0 Å². The maximum absolute atomic E-state index is 12.4. The highest BCUT2D eigenvalue weighted by Crippen LogP contribution is 2.40. The van der Waals surface area contributed by atoms with Crippen LogP contribution in [-0.4, -0.2) is 18.9 Å². The summed E-state index contributed by atoms with van der Waals surface area (Å²) < 4.78 is 5.26. The highest BCUT2D eigenvalue weighted by molar-refractivity contribution is 6.23. The van der Waals surface area contributed by atoms with E-state index in [4.69, 9.17) is 10.5 Å². The van der Waals surface area contributed by atoms with Gasteiger partial charge in [-0.1, -0.05) is 26.0 Å². The van der Waals surface area contributed by atoms with Gasteiger partial charge in [0.1, 0.15) is 5.75 Å². The fourth-order valence-corrected chi connectivity index (χ4v) is 2.33. The smallest absolute Gasteiger partial charge is 0.240 e. The molecule has 1 heterocycles. The molecule has 0 aromatic heterocycles. The molecule has 1 aliphatic rings. The number of amides is 2. The van der Waals surface area contributed by atoms with Crippen LogP contribution >= 0.6 is 0 Å². The Hall–Kier alpha value is -1.88. The lowest BCUT2D eigenvalue weighted by Gasteiger charge is -2.22. The molecule has 0 saturated carbocycles. The Bertz CT molecular complexity index is 515. The van der Waals surface area contributed by atoms with Crippen LogP contribution in [0.3, 0.4) is 0 Å². The molecule has 19 heavy (non-hydrogen) atoms. The van der Waals surface area contributed by atoms with E-state index in [1.165, 1.54) is 12.0 Å². The number of carbonyl (C=O) groups is 2. The molecule has 0 radical (unpaired) electrons. The molecule has 1 aromatic rings. The maximum Gasteiger partial charge on any atom is 0.240 e. The van der Waals surface area contributed by atoms with Crippen LogP contribution in [0, 0.1) is 5.41 Å². The minimum Gasteiger partial charge on any atom is -0.495 e. The van der Waals surface area contributed by atoms with Gasteiger partial charge in [0.25, 0.3) is 0 Å². The average Bonchev–Trinajstić information content (AvgIpc) is 2.57. The minimum atomic E-state index is -0.677. The largest absolute Gasteiger partial charge is 0.495 e. The quantitative estimate of drug-likeness (QED) is 0.837. The number of carbonyl (C=O) groups excluding carboxylic acids is 2. The van der Waals surface area contributed by atoms with Crippen molar-refractivity contribution < 1.29 is 14.3 Å². The molecule has 0 unspecified atom stereocenters. The zero-order chi connectivity index (χ0) is 14.2. The van der Waals surface area contributed by atoms with Crippen LogP contribution in [0.1, 0.15) is 25.8 Å². The summed E-state index contributed by atoms with van der Waals surface area (Å²) in [6.07, 6.45) is 0.202. The zero-order valence-electron chi connectivity index (χ0n) is 11.4. The van der Waals surface area contributed by atoms with Crippen molar-refractivity contribution >= 4 is 17.5 Å². The molecule has 0 aliphatic carbocycles. The number of anilines is 1. The Morgan fingerprint density at radius 2 is 2.05 bits per heavy atom. The summed E-state index contributed by atoms with van der Waals surface area (Å²) in [5, 5.41) is 0. The number of nitrogens with two attached hydrogens (primary N) is 1. The average molecular weight is 262 g/mol. The van der Waals surface area contributed by atoms with Gasteiger partial charge < -0.3 is 10.5 Å². The third-order valence-electron chi connectivity index (χ3n) is 3.37. The zero-order valence-corrected chi connectivity index (χ0v) is 11.4. The highest BCUT2D eigenvalue weighted by atomic mass is 16.5. The number of para-hydroxylation sites is 1. The summed E-state index contributed by atoms with van der Waals surface area (Å²) in [4.78, 5) is 25.7. The summed E-state index contributed by atoms with van der Waals surface area (Å²) in [5.41, 5.74) is 6.22. The standard InChI is InChI=1S/C14H18N2O3/c1-14(2)7-11(17)16(13(14)18)12-9(8-15)5-4-6-10(12)19-3/h4-6H,7-8,15H2,1-3H3. The van der Waals surface area contributed by atoms with E-state index in [9.17, 15) is 9.59 Å². The van der Waals surface area contributed by atoms with Gasteiger partial charge in [-0.2, -0.15) is 0 Å². The van der Waals surface area contributed by atoms with E-state index >= 15 is 0 Å². The molecule has 0 bridgehead atoms. The normalized spacial score (nSPS) is 18.0. The Kier molecular flexibility index (Phi) is 3.32. The summed E-state index contributed by atoms with van der Waals surface area (Å²) in [5.74, 6) is 0.0632. The first-order valence-corrected chi connectivity index (χ1v) is 6.15. The molecule has 1 aliphatic heterocycles. The van der Waals surface area contributed by atoms with Gasteiger partial charge in [-0.25, -0.2) is 4.90 Å². The molecule has 2 rings (SSSR count). The second-order valence-corrected chi connectivity index (χ2v) is 5.27. The Morgan fingerprint density at radius 1 is 1.37 bits per heavy atom. The number of hydrogen-bond acceptors (Lipinski definition) is 4. The number of hydrogen-bond donors (Lipinski definition) is 1. The molecular weight excluding hydrogens is 244 g/mol. The summed E-state index contributed by atoms with van der Waals surface area (Å²) in [6.45, 7) is 3.78. The van der Waals surface area contributed by atoms with Crippen LogP contribution in [0.4, 0.5) is 5.69 Å². The lowest BCUT2D eigenvalue weighted by Crippen LogP contribution is -2.34. The van der Waals surface area contributed by atoms with Crippen LogP contribution in [0.25, 0.3) is 0 Å². The van der Waals surface area contributed by atoms with Gasteiger partial charge in [-0.15, -0.1) is 0 Å². The molecule has 1 aromatic carbocycles. The molecule has 0 atom stereocenters. The van der Waals surface area contributed by atoms with E-state index in [0.717, 1.165) is 5.56 Å². The fraction of sp³-hybridized carbons (Fsp3) is 0.429. The first-order chi connectivity index (χ1) is 8.92. The second kappa shape index (κ2) is 4.66. The lowest BCUT2D eigenvalue weighted by atomic mass is 9.92. The SMILES string of the molecule is COc1cccc(CN)c1N1C(=O)CC(C)(C)C1=O. The van der Waals surface area contributed by atoms with E-state index in [1.54, 1.807) is 32.0 Å². The summed E-state index contributed by atoms with van der Waals surface area (Å²) >= 11 is 0. The van der Waals surface area contributed by atoms with Crippen LogP contribution in [0.2, 0.25) is 0 Å². The predicted molar refractivity (Wildman–Crippen MR) is 71.8 cm³/mol. The van der Waals surface area contributed by atoms with Crippen molar-refractivity contribution in [1.29, 1.82) is 0 Å². The highest BCUT2D eigenvalue weighted by Gasteiger charge is 2.46. The van der Waals surface area contributed by atoms with E-state index in [-0.39, 0.29) is 24.8 Å². The monoisotopic (exact) mass is 262 g/mol. The van der Waals surface area contributed by atoms with Gasteiger partial charge in [0.2, 0.25) is 11.8 Å². The Balaban J connectivity index is 2.59. The summed E-state index contributed by atoms with van der Waals surface area (Å²) in [7, 11) is 1.51. The molecule has 102 valence electrons. The first-order valence-electron chi connectivity index (χ1n) is 6.15. The van der Waals surface area contributed by atoms with Crippen molar-refractivity contribution in [3.05, 3.63) is 23.8 Å². The van der Waals surface area contributed by atoms with E-state index < -0.39 is 5.41 Å². The van der Waals surface area contributed by atoms with Gasteiger partial charge in [-0.3, -0.25) is 9.59 Å². The lowest BCUT2D eigenvalue weighted by molar-refractivity contribution is -0.124. The van der Waals surface area contributed by atoms with Gasteiger partial charge in [0.05, 0.1) is 18.2 Å². The van der Waals surface area contributed by atoms with E-state index in [2.05, 4.69) is 0 Å². The van der Waals surface area contributed by atoms with Crippen LogP contribution < -0.4 is 15.4 Å². The molecule has 5 heteroatoms. The first kappa shape index (κ1) is 13.5. The molecule has 1 fully saturated rings. The van der Waals surface area contributed by atoms with Crippen molar-refractivity contribution in [1.82, 2.24) is 0 Å². The third kappa shape index (κ3) is 2.10. The van der Waals surface area contributed by atoms with Crippen LogP contribution in [-0.2, 0) is 16.1 Å². The van der Waals surface area contributed by atoms with Crippen LogP contribution in [0.15, 0.2) is 18.2 Å². The van der Waals surface area contributed by atoms with Crippen molar-refractivity contribution in [2.75, 3.05) is 12.0 Å². The van der Waals surface area contributed by atoms with E-state index in [1.807, 2.05) is 0 Å². The number of imide groups is 1. The van der Waals surface area contributed by atoms with Crippen molar-refractivity contribution in [2.24, 2.45) is 11.1 Å². The number of nitrogens with zero attached hydrogens (tertiary/aromatic N) is 1. The molecule has 1 saturated heterocycles. The molecular formula is C14H18N2O3. The Morgan fingerprint density at radius 3 is 2.53 bits per heavy atom. The number of benzene rings is 1. The van der Waals surface area contributed by atoms with Gasteiger partial charge in [0.15, 0.2) is 0 Å². The number of ether oxygens (including phenoxy) is 1. The van der Waals surface area contributed by atoms with Crippen molar-refractivity contribution in [3.8, 4) is 5.75 Å². The molecule has 2 amide bonds. The molecule has 5 nitrogen and oxygen atoms in total. The van der Waals surface area contributed by atoms with Gasteiger partial charge >= 0.3 is 0 Å². The number of rotatable bonds is 3. The van der Waals surface area contributed by atoms with Crippen molar-refractivity contribution in [3.63, 3.8) is 0 Å². The summed E-state index contributed by atoms with van der Waals surface area (Å²) in [6, 6.07) is 5.31. The molecule has 2 N–H and O–H groups in total. The van der Waals surface area contributed by atoms with Crippen molar-refractivity contribution in [2.45, 2.75) is 26.8 Å². The number of methoxy groups -OCH3 is 1. The van der Waals surface area contributed by atoms with Crippen LogP contribution in [0.5, 0.6) is 5.75 Å².